The molecule has 1 unspecified atom stereocenters. The second kappa shape index (κ2) is 17.9. The van der Waals surface area contributed by atoms with E-state index < -0.39 is 6.10 Å². The molecule has 1 N–H and O–H groups in total. The van der Waals surface area contributed by atoms with Crippen LogP contribution in [0.2, 0.25) is 0 Å². The number of hydrogen-bond donors (Lipinski definition) is 1. The summed E-state index contributed by atoms with van der Waals surface area (Å²) in [5, 5.41) is 8.28. The lowest BCUT2D eigenvalue weighted by molar-refractivity contribution is -0.124. The molecule has 1 atom stereocenters. The number of Topliss-reactive ketones (excluding diaryl/α,β-unsaturated/α-hetero) is 6. The highest BCUT2D eigenvalue weighted by Crippen LogP contribution is 2.16. The van der Waals surface area contributed by atoms with Crippen LogP contribution in [0, 0.1) is 0 Å². The average molecular weight is 539 g/mol. The second-order valence-electron chi connectivity index (χ2n) is 8.06. The van der Waals surface area contributed by atoms with Gasteiger partial charge in [-0.3, -0.25) is 38.7 Å². The van der Waals surface area contributed by atoms with Crippen molar-refractivity contribution >= 4 is 34.7 Å². The van der Waals surface area contributed by atoms with Crippen molar-refractivity contribution in [3.05, 3.63) is 83.3 Å². The lowest BCUT2D eigenvalue weighted by atomic mass is 9.97. The first kappa shape index (κ1) is 34.6. The van der Waals surface area contributed by atoms with Crippen LogP contribution in [0.4, 0.5) is 0 Å². The molecule has 0 aliphatic rings. The Morgan fingerprint density at radius 1 is 0.795 bits per heavy atom. The van der Waals surface area contributed by atoms with Gasteiger partial charge in [-0.05, 0) is 51.1 Å². The normalized spacial score (nSPS) is 10.2. The van der Waals surface area contributed by atoms with Crippen molar-refractivity contribution in [3.8, 4) is 0 Å². The Bertz CT molecular complexity index is 1230. The Labute approximate surface area is 227 Å². The van der Waals surface area contributed by atoms with Crippen LogP contribution in [0.1, 0.15) is 107 Å². The van der Waals surface area contributed by atoms with Crippen molar-refractivity contribution in [1.29, 1.82) is 0 Å². The highest BCUT2D eigenvalue weighted by Gasteiger charge is 2.20. The van der Waals surface area contributed by atoms with E-state index in [1.165, 1.54) is 60.1 Å². The molecular weight excluding hydrogens is 504 g/mol. The van der Waals surface area contributed by atoms with E-state index in [4.69, 9.17) is 9.52 Å². The summed E-state index contributed by atoms with van der Waals surface area (Å²) in [7, 11) is 0. The second-order valence-corrected chi connectivity index (χ2v) is 8.06. The Hall–Kier alpha value is -4.44. The van der Waals surface area contributed by atoms with Crippen molar-refractivity contribution in [2.45, 2.75) is 61.0 Å². The summed E-state index contributed by atoms with van der Waals surface area (Å²) in [5.74, 6) is -0.560. The van der Waals surface area contributed by atoms with Crippen LogP contribution in [-0.2, 0) is 4.79 Å². The minimum Gasteiger partial charge on any atom is -0.461 e. The van der Waals surface area contributed by atoms with Gasteiger partial charge in [0.2, 0.25) is 0 Å². The first-order chi connectivity index (χ1) is 18.2. The van der Waals surface area contributed by atoms with Gasteiger partial charge < -0.3 is 9.52 Å². The Morgan fingerprint density at radius 2 is 1.41 bits per heavy atom. The molecule has 0 saturated heterocycles. The van der Waals surface area contributed by atoms with E-state index in [-0.39, 0.29) is 57.9 Å². The van der Waals surface area contributed by atoms with E-state index in [1.807, 2.05) is 0 Å². The van der Waals surface area contributed by atoms with Gasteiger partial charge in [-0.2, -0.15) is 0 Å². The number of carbonyl (C=O) groups is 6. The summed E-state index contributed by atoms with van der Waals surface area (Å²) < 4.78 is 4.75. The molecule has 10 heteroatoms. The fourth-order valence-electron chi connectivity index (χ4n) is 2.53. The number of rotatable bonds is 7. The summed E-state index contributed by atoms with van der Waals surface area (Å²) in [6.07, 6.45) is 3.92. The quantitative estimate of drug-likeness (QED) is 0.413. The smallest absolute Gasteiger partial charge is 0.194 e. The lowest BCUT2D eigenvalue weighted by Crippen LogP contribution is -2.14. The molecule has 0 spiro atoms. The molecule has 0 aliphatic carbocycles. The third-order valence-corrected chi connectivity index (χ3v) is 4.75. The summed E-state index contributed by atoms with van der Waals surface area (Å²) in [4.78, 5) is 73.0. The molecule has 0 radical (unpaired) electrons. The molecular formula is C29H34N2O8. The summed E-state index contributed by atoms with van der Waals surface area (Å²) >= 11 is 0. The van der Waals surface area contributed by atoms with Crippen LogP contribution in [0.5, 0.6) is 0 Å². The molecule has 39 heavy (non-hydrogen) atoms. The Morgan fingerprint density at radius 3 is 1.72 bits per heavy atom. The lowest BCUT2D eigenvalue weighted by Gasteiger charge is -2.08. The number of carbonyl (C=O) groups excluding carboxylic acids is 6. The van der Waals surface area contributed by atoms with Gasteiger partial charge in [0.15, 0.2) is 40.5 Å². The number of aromatic nitrogens is 2. The first-order valence-electron chi connectivity index (χ1n) is 11.9. The molecule has 3 aromatic rings. The number of nitrogens with zero attached hydrogens (tertiary/aromatic N) is 2. The number of pyridine rings is 2. The zero-order chi connectivity index (χ0) is 30.1. The van der Waals surface area contributed by atoms with E-state index in [1.54, 1.807) is 43.5 Å². The van der Waals surface area contributed by atoms with Crippen LogP contribution in [0.25, 0.3) is 0 Å². The van der Waals surface area contributed by atoms with Crippen molar-refractivity contribution < 1.29 is 38.3 Å². The molecule has 3 heterocycles. The van der Waals surface area contributed by atoms with Gasteiger partial charge in [0.05, 0.1) is 11.8 Å². The third-order valence-electron chi connectivity index (χ3n) is 4.75. The summed E-state index contributed by atoms with van der Waals surface area (Å²) in [6.45, 7) is 10.2. The van der Waals surface area contributed by atoms with Gasteiger partial charge in [0, 0.05) is 45.1 Å². The Kier molecular flexibility index (Phi) is 15.9. The topological polar surface area (TPSA) is 162 Å². The minimum absolute atomic E-state index is 0.00981. The van der Waals surface area contributed by atoms with E-state index in [0.717, 1.165) is 0 Å². The standard InChI is InChI=1S/C12H13NO3.C7H7NO.C6H6O2.C4H8O2/c1-4-10(16)11-9(7(2)14)5-6-13-12(11)8(3)15;1-6(9)7-4-2-3-5-8-7;1-5(7)6-3-2-4-8-6;1-3(5)4(2)6/h5-6H,4H2,1-3H3;2-5H,1H3;2-4H,1H3;3,5H,1-2H3. The van der Waals surface area contributed by atoms with Gasteiger partial charge >= 0.3 is 0 Å². The summed E-state index contributed by atoms with van der Waals surface area (Å²) in [5.41, 5.74) is 1.04. The maximum absolute atomic E-state index is 11.7. The van der Waals surface area contributed by atoms with Gasteiger partial charge in [0.25, 0.3) is 0 Å². The molecule has 0 saturated carbocycles. The van der Waals surface area contributed by atoms with Crippen LogP contribution < -0.4 is 0 Å². The van der Waals surface area contributed by atoms with Gasteiger partial charge in [-0.1, -0.05) is 13.0 Å². The molecule has 3 aromatic heterocycles. The molecule has 0 aliphatic heterocycles. The van der Waals surface area contributed by atoms with Crippen LogP contribution in [-0.4, -0.2) is 55.9 Å². The monoisotopic (exact) mass is 538 g/mol. The predicted octanol–water partition coefficient (Wildman–Crippen LogP) is 4.80. The number of ketones is 6. The maximum atomic E-state index is 11.7. The van der Waals surface area contributed by atoms with Crippen molar-refractivity contribution in [2.24, 2.45) is 0 Å². The van der Waals surface area contributed by atoms with Gasteiger partial charge in [0.1, 0.15) is 17.5 Å². The van der Waals surface area contributed by atoms with Crippen LogP contribution in [0.3, 0.4) is 0 Å². The van der Waals surface area contributed by atoms with Crippen LogP contribution >= 0.6 is 0 Å². The zero-order valence-electron chi connectivity index (χ0n) is 23.2. The molecule has 10 nitrogen and oxygen atoms in total. The number of hydrogen-bond acceptors (Lipinski definition) is 10. The largest absolute Gasteiger partial charge is 0.461 e. The molecule has 0 bridgehead atoms. The molecule has 0 aromatic carbocycles. The van der Waals surface area contributed by atoms with E-state index in [9.17, 15) is 28.8 Å². The summed E-state index contributed by atoms with van der Waals surface area (Å²) in [6, 6.07) is 10.1. The predicted molar refractivity (Wildman–Crippen MR) is 144 cm³/mol. The van der Waals surface area contributed by atoms with Crippen molar-refractivity contribution in [1.82, 2.24) is 9.97 Å². The molecule has 3 rings (SSSR count). The number of aliphatic hydroxyl groups is 1. The molecule has 0 amide bonds. The van der Waals surface area contributed by atoms with Gasteiger partial charge in [-0.25, -0.2) is 0 Å². The first-order valence-corrected chi connectivity index (χ1v) is 11.9. The molecule has 0 fully saturated rings. The number of aliphatic hydroxyl groups excluding tert-OH is 1. The zero-order valence-corrected chi connectivity index (χ0v) is 23.2. The fourth-order valence-corrected chi connectivity index (χ4v) is 2.53. The SMILES string of the molecule is CC(=O)C(C)O.CC(=O)c1ccccn1.CC(=O)c1ccco1.CCC(=O)c1c(C(C)=O)ccnc1C(C)=O. The minimum atomic E-state index is -0.787. The number of furan rings is 1. The van der Waals surface area contributed by atoms with Crippen LogP contribution in [0.15, 0.2) is 59.5 Å². The van der Waals surface area contributed by atoms with E-state index >= 15 is 0 Å². The average Bonchev–Trinajstić information content (AvgIpc) is 3.45. The van der Waals surface area contributed by atoms with Gasteiger partial charge in [-0.15, -0.1) is 0 Å². The van der Waals surface area contributed by atoms with E-state index in [0.29, 0.717) is 11.5 Å². The highest BCUT2D eigenvalue weighted by atomic mass is 16.3. The fraction of sp³-hybridized carbons (Fsp3) is 0.310. The van der Waals surface area contributed by atoms with Crippen molar-refractivity contribution in [3.63, 3.8) is 0 Å². The van der Waals surface area contributed by atoms with E-state index in [2.05, 4.69) is 9.97 Å². The maximum Gasteiger partial charge on any atom is 0.194 e. The van der Waals surface area contributed by atoms with Crippen molar-refractivity contribution in [2.75, 3.05) is 0 Å². The Balaban J connectivity index is 0.000000534. The third kappa shape index (κ3) is 13.1. The molecule has 208 valence electrons. The highest BCUT2D eigenvalue weighted by molar-refractivity contribution is 6.13.